The highest BCUT2D eigenvalue weighted by Crippen LogP contribution is 2.10. The zero-order chi connectivity index (χ0) is 14.3. The summed E-state index contributed by atoms with van der Waals surface area (Å²) in [6.45, 7) is 5.12. The first-order valence-corrected chi connectivity index (χ1v) is 8.17. The minimum Gasteiger partial charge on any atom is -0.358 e. The maximum absolute atomic E-state index is 11.3. The monoisotopic (exact) mass is 270 g/mol. The third kappa shape index (κ3) is 12.2. The van der Waals surface area contributed by atoms with Gasteiger partial charge in [-0.2, -0.15) is 0 Å². The first-order chi connectivity index (χ1) is 9.22. The van der Waals surface area contributed by atoms with Gasteiger partial charge >= 0.3 is 0 Å². The van der Waals surface area contributed by atoms with E-state index in [9.17, 15) is 4.79 Å². The quantitative estimate of drug-likeness (QED) is 0.502. The largest absolute Gasteiger partial charge is 0.358 e. The zero-order valence-electron chi connectivity index (χ0n) is 13.3. The molecule has 0 saturated carbocycles. The summed E-state index contributed by atoms with van der Waals surface area (Å²) in [7, 11) is 1.68. The molecule has 0 aliphatic heterocycles. The molecule has 3 heteroatoms. The van der Waals surface area contributed by atoms with Gasteiger partial charge in [-0.1, -0.05) is 64.7 Å². The van der Waals surface area contributed by atoms with Gasteiger partial charge in [0.25, 0.3) is 0 Å². The zero-order valence-corrected chi connectivity index (χ0v) is 13.3. The topological polar surface area (TPSA) is 41.1 Å². The maximum atomic E-state index is 11.3. The van der Waals surface area contributed by atoms with Crippen molar-refractivity contribution in [2.24, 2.45) is 0 Å². The fourth-order valence-corrected chi connectivity index (χ4v) is 2.24. The number of carbonyl (C=O) groups excluding carboxylic acids is 1. The van der Waals surface area contributed by atoms with Gasteiger partial charge in [0.1, 0.15) is 0 Å². The van der Waals surface area contributed by atoms with Gasteiger partial charge in [-0.3, -0.25) is 4.79 Å². The van der Waals surface area contributed by atoms with Gasteiger partial charge in [-0.25, -0.2) is 0 Å². The summed E-state index contributed by atoms with van der Waals surface area (Å²) < 4.78 is 0. The Kier molecular flexibility index (Phi) is 13.4. The van der Waals surface area contributed by atoms with Crippen molar-refractivity contribution in [2.75, 3.05) is 13.6 Å². The Bertz CT molecular complexity index is 207. The van der Waals surface area contributed by atoms with E-state index in [0.717, 1.165) is 6.54 Å². The third-order valence-electron chi connectivity index (χ3n) is 3.62. The molecule has 0 radical (unpaired) electrons. The molecule has 0 saturated heterocycles. The summed E-state index contributed by atoms with van der Waals surface area (Å²) in [5.41, 5.74) is 0. The summed E-state index contributed by atoms with van der Waals surface area (Å²) >= 11 is 0. The lowest BCUT2D eigenvalue weighted by atomic mass is 10.1. The predicted molar refractivity (Wildman–Crippen MR) is 83.4 cm³/mol. The van der Waals surface area contributed by atoms with E-state index >= 15 is 0 Å². The van der Waals surface area contributed by atoms with Gasteiger partial charge < -0.3 is 10.6 Å². The number of rotatable bonds is 13. The van der Waals surface area contributed by atoms with E-state index in [1.54, 1.807) is 7.05 Å². The molecule has 1 atom stereocenters. The molecule has 0 aromatic carbocycles. The summed E-state index contributed by atoms with van der Waals surface area (Å²) in [4.78, 5) is 11.3. The number of hydrogen-bond acceptors (Lipinski definition) is 2. The molecule has 0 aromatic rings. The van der Waals surface area contributed by atoms with Gasteiger partial charge in [0, 0.05) is 7.05 Å². The van der Waals surface area contributed by atoms with Gasteiger partial charge in [0.2, 0.25) is 5.91 Å². The summed E-state index contributed by atoms with van der Waals surface area (Å²) in [5, 5.41) is 5.90. The Hall–Kier alpha value is -0.570. The lowest BCUT2D eigenvalue weighted by Crippen LogP contribution is -2.40. The van der Waals surface area contributed by atoms with Crippen LogP contribution in [0.2, 0.25) is 0 Å². The molecule has 0 fully saturated rings. The lowest BCUT2D eigenvalue weighted by Gasteiger charge is -2.11. The Morgan fingerprint density at radius 1 is 0.895 bits per heavy atom. The van der Waals surface area contributed by atoms with Crippen LogP contribution in [-0.2, 0) is 4.79 Å². The summed E-state index contributed by atoms with van der Waals surface area (Å²) in [6, 6.07) is -0.0661. The molecule has 3 nitrogen and oxygen atoms in total. The van der Waals surface area contributed by atoms with Crippen molar-refractivity contribution in [3.05, 3.63) is 0 Å². The fraction of sp³-hybridized carbons (Fsp3) is 0.938. The average molecular weight is 270 g/mol. The second-order valence-electron chi connectivity index (χ2n) is 5.47. The number of unbranched alkanes of at least 4 members (excludes halogenated alkanes) is 9. The molecule has 0 rings (SSSR count). The van der Waals surface area contributed by atoms with E-state index in [2.05, 4.69) is 17.6 Å². The van der Waals surface area contributed by atoms with Crippen LogP contribution >= 0.6 is 0 Å². The molecule has 0 aliphatic carbocycles. The van der Waals surface area contributed by atoms with Crippen LogP contribution in [-0.4, -0.2) is 25.5 Å². The molecular formula is C16H34N2O. The van der Waals surface area contributed by atoms with Crippen molar-refractivity contribution >= 4 is 5.91 Å². The highest BCUT2D eigenvalue weighted by Gasteiger charge is 2.08. The molecule has 1 unspecified atom stereocenters. The molecule has 2 N–H and O–H groups in total. The second kappa shape index (κ2) is 13.9. The molecule has 0 bridgehead atoms. The van der Waals surface area contributed by atoms with Crippen LogP contribution in [0.25, 0.3) is 0 Å². The van der Waals surface area contributed by atoms with Crippen LogP contribution in [0.3, 0.4) is 0 Å². The minimum atomic E-state index is -0.0661. The van der Waals surface area contributed by atoms with Crippen molar-refractivity contribution in [1.29, 1.82) is 0 Å². The first kappa shape index (κ1) is 18.4. The van der Waals surface area contributed by atoms with Gasteiger partial charge in [0.05, 0.1) is 6.04 Å². The van der Waals surface area contributed by atoms with E-state index in [1.807, 2.05) is 6.92 Å². The summed E-state index contributed by atoms with van der Waals surface area (Å²) in [6.07, 6.45) is 13.5. The van der Waals surface area contributed by atoms with Crippen LogP contribution in [0.1, 0.15) is 78.1 Å². The highest BCUT2D eigenvalue weighted by atomic mass is 16.2. The summed E-state index contributed by atoms with van der Waals surface area (Å²) in [5.74, 6) is 0.0760. The van der Waals surface area contributed by atoms with Gasteiger partial charge in [0.15, 0.2) is 0 Å². The van der Waals surface area contributed by atoms with Crippen molar-refractivity contribution < 1.29 is 4.79 Å². The molecule has 0 aromatic heterocycles. The Morgan fingerprint density at radius 2 is 1.37 bits per heavy atom. The van der Waals surface area contributed by atoms with Crippen LogP contribution in [0.5, 0.6) is 0 Å². The number of likely N-dealkylation sites (N-methyl/N-ethyl adjacent to an activating group) is 1. The van der Waals surface area contributed by atoms with E-state index < -0.39 is 0 Å². The van der Waals surface area contributed by atoms with E-state index in [4.69, 9.17) is 0 Å². The van der Waals surface area contributed by atoms with Crippen molar-refractivity contribution in [3.63, 3.8) is 0 Å². The molecule has 0 aliphatic rings. The van der Waals surface area contributed by atoms with Crippen LogP contribution < -0.4 is 10.6 Å². The molecule has 0 heterocycles. The second-order valence-corrected chi connectivity index (χ2v) is 5.47. The van der Waals surface area contributed by atoms with Crippen molar-refractivity contribution in [2.45, 2.75) is 84.1 Å². The highest BCUT2D eigenvalue weighted by molar-refractivity contribution is 5.80. The van der Waals surface area contributed by atoms with Crippen LogP contribution in [0.4, 0.5) is 0 Å². The average Bonchev–Trinajstić information content (AvgIpc) is 2.43. The van der Waals surface area contributed by atoms with Crippen molar-refractivity contribution in [3.8, 4) is 0 Å². The number of amides is 1. The van der Waals surface area contributed by atoms with Crippen LogP contribution in [0, 0.1) is 0 Å². The Labute approximate surface area is 119 Å². The van der Waals surface area contributed by atoms with E-state index in [0.29, 0.717) is 0 Å². The molecule has 1 amide bonds. The minimum absolute atomic E-state index is 0.0661. The number of carbonyl (C=O) groups is 1. The molecular weight excluding hydrogens is 236 g/mol. The molecule has 114 valence electrons. The van der Waals surface area contributed by atoms with E-state index in [1.165, 1.54) is 64.2 Å². The molecule has 0 spiro atoms. The standard InChI is InChI=1S/C16H34N2O/c1-4-5-6-7-8-9-10-11-12-13-14-18-15(2)16(19)17-3/h15,18H,4-14H2,1-3H3,(H,17,19). The first-order valence-electron chi connectivity index (χ1n) is 8.17. The van der Waals surface area contributed by atoms with Crippen molar-refractivity contribution in [1.82, 2.24) is 10.6 Å². The lowest BCUT2D eigenvalue weighted by molar-refractivity contribution is -0.122. The smallest absolute Gasteiger partial charge is 0.236 e. The Morgan fingerprint density at radius 3 is 1.84 bits per heavy atom. The van der Waals surface area contributed by atoms with Gasteiger partial charge in [-0.05, 0) is 19.9 Å². The molecule has 19 heavy (non-hydrogen) atoms. The SMILES string of the molecule is CCCCCCCCCCCCNC(C)C(=O)NC. The fourth-order valence-electron chi connectivity index (χ4n) is 2.24. The predicted octanol–water partition coefficient (Wildman–Crippen LogP) is 3.63. The number of hydrogen-bond donors (Lipinski definition) is 2. The number of nitrogens with one attached hydrogen (secondary N) is 2. The van der Waals surface area contributed by atoms with E-state index in [-0.39, 0.29) is 11.9 Å². The Balaban J connectivity index is 3.12. The third-order valence-corrected chi connectivity index (χ3v) is 3.62. The van der Waals surface area contributed by atoms with Gasteiger partial charge in [-0.15, -0.1) is 0 Å². The van der Waals surface area contributed by atoms with Crippen LogP contribution in [0.15, 0.2) is 0 Å². The normalized spacial score (nSPS) is 12.4. The maximum Gasteiger partial charge on any atom is 0.236 e.